The van der Waals surface area contributed by atoms with Gasteiger partial charge in [0, 0.05) is 18.0 Å². The van der Waals surface area contributed by atoms with Gasteiger partial charge < -0.3 is 10.3 Å². The Morgan fingerprint density at radius 2 is 2.00 bits per heavy atom. The fraction of sp³-hybridized carbons (Fsp3) is 0.438. The third kappa shape index (κ3) is 4.11. The van der Waals surface area contributed by atoms with Gasteiger partial charge in [0.2, 0.25) is 0 Å². The topological polar surface area (TPSA) is 40.7 Å². The van der Waals surface area contributed by atoms with Crippen LogP contribution in [0.1, 0.15) is 31.7 Å². The molecule has 1 aromatic heterocycles. The van der Waals surface area contributed by atoms with Gasteiger partial charge in [-0.25, -0.2) is 13.8 Å². The minimum atomic E-state index is -0.439. The van der Waals surface area contributed by atoms with Crippen molar-refractivity contribution in [3.05, 3.63) is 41.4 Å². The maximum absolute atomic E-state index is 13.9. The number of imidazole rings is 1. The number of hydrogen-bond donors (Lipinski definition) is 2. The first-order chi connectivity index (χ1) is 9.97. The third-order valence-electron chi connectivity index (χ3n) is 3.31. The van der Waals surface area contributed by atoms with E-state index in [9.17, 15) is 8.78 Å². The molecule has 0 saturated heterocycles. The first-order valence-corrected chi connectivity index (χ1v) is 7.20. The molecule has 0 unspecified atom stereocenters. The molecule has 0 aliphatic heterocycles. The summed E-state index contributed by atoms with van der Waals surface area (Å²) in [5.41, 5.74) is 1.03. The number of aryl methyl sites for hydroxylation is 2. The zero-order valence-corrected chi connectivity index (χ0v) is 12.6. The molecule has 0 aliphatic carbocycles. The van der Waals surface area contributed by atoms with Gasteiger partial charge in [-0.05, 0) is 37.6 Å². The van der Waals surface area contributed by atoms with Crippen molar-refractivity contribution in [2.24, 2.45) is 0 Å². The zero-order chi connectivity index (χ0) is 15.4. The van der Waals surface area contributed by atoms with Crippen LogP contribution in [0.2, 0.25) is 0 Å². The Balaban J connectivity index is 2.04. The molecule has 5 heteroatoms. The number of halogens is 2. The summed E-state index contributed by atoms with van der Waals surface area (Å²) in [6, 6.07) is 2.88. The summed E-state index contributed by atoms with van der Waals surface area (Å²) in [6.45, 7) is 6.64. The first kappa shape index (κ1) is 15.6. The number of benzene rings is 1. The maximum atomic E-state index is 13.9. The second-order valence-electron chi connectivity index (χ2n) is 5.54. The molecule has 0 bridgehead atoms. The average Bonchev–Trinajstić information content (AvgIpc) is 2.87. The Morgan fingerprint density at radius 3 is 2.71 bits per heavy atom. The van der Waals surface area contributed by atoms with Gasteiger partial charge in [0.15, 0.2) is 0 Å². The Bertz CT molecular complexity index is 606. The molecule has 3 nitrogen and oxygen atoms in total. The van der Waals surface area contributed by atoms with E-state index in [1.54, 1.807) is 13.1 Å². The number of nitrogens with zero attached hydrogens (tertiary/aromatic N) is 1. The van der Waals surface area contributed by atoms with E-state index in [2.05, 4.69) is 29.1 Å². The lowest BCUT2D eigenvalue weighted by atomic mass is 10.1. The van der Waals surface area contributed by atoms with Crippen LogP contribution < -0.4 is 5.32 Å². The number of nitrogens with one attached hydrogen (secondary N) is 2. The second kappa shape index (κ2) is 6.80. The van der Waals surface area contributed by atoms with E-state index in [1.165, 1.54) is 12.1 Å². The fourth-order valence-corrected chi connectivity index (χ4v) is 2.13. The van der Waals surface area contributed by atoms with Gasteiger partial charge >= 0.3 is 0 Å². The predicted molar refractivity (Wildman–Crippen MR) is 80.1 cm³/mol. The molecule has 2 aromatic rings. The Morgan fingerprint density at radius 1 is 1.24 bits per heavy atom. The summed E-state index contributed by atoms with van der Waals surface area (Å²) < 4.78 is 27.5. The number of H-pyrrole nitrogens is 1. The van der Waals surface area contributed by atoms with E-state index in [1.807, 2.05) is 0 Å². The maximum Gasteiger partial charge on any atom is 0.133 e. The molecule has 0 saturated carbocycles. The summed E-state index contributed by atoms with van der Waals surface area (Å²) >= 11 is 0. The average molecular weight is 293 g/mol. The van der Waals surface area contributed by atoms with E-state index < -0.39 is 11.6 Å². The second-order valence-corrected chi connectivity index (χ2v) is 5.54. The van der Waals surface area contributed by atoms with Crippen LogP contribution in [0.4, 0.5) is 8.78 Å². The fourth-order valence-electron chi connectivity index (χ4n) is 2.13. The zero-order valence-electron chi connectivity index (χ0n) is 12.6. The van der Waals surface area contributed by atoms with Crippen LogP contribution in [0.5, 0.6) is 0 Å². The van der Waals surface area contributed by atoms with Crippen LogP contribution in [0, 0.1) is 18.6 Å². The van der Waals surface area contributed by atoms with Crippen molar-refractivity contribution in [2.75, 3.05) is 6.54 Å². The van der Waals surface area contributed by atoms with E-state index in [-0.39, 0.29) is 5.56 Å². The van der Waals surface area contributed by atoms with E-state index in [4.69, 9.17) is 0 Å². The van der Waals surface area contributed by atoms with Crippen molar-refractivity contribution in [3.63, 3.8) is 0 Å². The van der Waals surface area contributed by atoms with Gasteiger partial charge in [-0.1, -0.05) is 13.8 Å². The summed E-state index contributed by atoms with van der Waals surface area (Å²) in [4.78, 5) is 7.29. The molecular weight excluding hydrogens is 272 g/mol. The molecule has 1 heterocycles. The lowest BCUT2D eigenvalue weighted by molar-refractivity contribution is 0.567. The van der Waals surface area contributed by atoms with E-state index >= 15 is 0 Å². The number of aromatic nitrogens is 2. The molecule has 0 aliphatic rings. The van der Waals surface area contributed by atoms with Crippen LogP contribution in [0.15, 0.2) is 18.3 Å². The molecule has 0 amide bonds. The smallest absolute Gasteiger partial charge is 0.133 e. The SMILES string of the molecule is Cc1cc(F)c(-c2cnc(CCCNC(C)C)[nH]2)cc1F. The normalized spacial score (nSPS) is 11.3. The summed E-state index contributed by atoms with van der Waals surface area (Å²) in [7, 11) is 0. The van der Waals surface area contributed by atoms with Crippen molar-refractivity contribution in [2.45, 2.75) is 39.7 Å². The highest BCUT2D eigenvalue weighted by atomic mass is 19.1. The van der Waals surface area contributed by atoms with Crippen molar-refractivity contribution >= 4 is 0 Å². The monoisotopic (exact) mass is 293 g/mol. The van der Waals surface area contributed by atoms with Crippen LogP contribution >= 0.6 is 0 Å². The highest BCUT2D eigenvalue weighted by Crippen LogP contribution is 2.24. The Kier molecular flexibility index (Phi) is 5.07. The molecule has 2 N–H and O–H groups in total. The van der Waals surface area contributed by atoms with Crippen molar-refractivity contribution in [1.82, 2.24) is 15.3 Å². The van der Waals surface area contributed by atoms with Crippen molar-refractivity contribution in [3.8, 4) is 11.3 Å². The van der Waals surface area contributed by atoms with Crippen LogP contribution in [0.3, 0.4) is 0 Å². The van der Waals surface area contributed by atoms with Crippen molar-refractivity contribution in [1.29, 1.82) is 0 Å². The van der Waals surface area contributed by atoms with Crippen LogP contribution in [-0.2, 0) is 6.42 Å². The van der Waals surface area contributed by atoms with Gasteiger partial charge in [-0.3, -0.25) is 0 Å². The highest BCUT2D eigenvalue weighted by Gasteiger charge is 2.11. The lowest BCUT2D eigenvalue weighted by Crippen LogP contribution is -2.24. The third-order valence-corrected chi connectivity index (χ3v) is 3.31. The number of rotatable bonds is 6. The molecule has 0 radical (unpaired) electrons. The van der Waals surface area contributed by atoms with Crippen LogP contribution in [-0.4, -0.2) is 22.6 Å². The quantitative estimate of drug-likeness (QED) is 0.799. The minimum Gasteiger partial charge on any atom is -0.342 e. The Hall–Kier alpha value is -1.75. The molecule has 2 rings (SSSR count). The van der Waals surface area contributed by atoms with Gasteiger partial charge in [0.1, 0.15) is 17.5 Å². The molecule has 1 aromatic carbocycles. The molecular formula is C16H21F2N3. The number of aromatic amines is 1. The molecule has 0 spiro atoms. The predicted octanol–water partition coefficient (Wildman–Crippen LogP) is 3.59. The molecule has 114 valence electrons. The lowest BCUT2D eigenvalue weighted by Gasteiger charge is -2.06. The summed E-state index contributed by atoms with van der Waals surface area (Å²) in [6.07, 6.45) is 3.27. The molecule has 0 fully saturated rings. The van der Waals surface area contributed by atoms with Gasteiger partial charge in [-0.15, -0.1) is 0 Å². The minimum absolute atomic E-state index is 0.220. The first-order valence-electron chi connectivity index (χ1n) is 7.20. The largest absolute Gasteiger partial charge is 0.342 e. The van der Waals surface area contributed by atoms with E-state index in [0.717, 1.165) is 25.2 Å². The van der Waals surface area contributed by atoms with Crippen molar-refractivity contribution < 1.29 is 8.78 Å². The van der Waals surface area contributed by atoms with Gasteiger partial charge in [0.05, 0.1) is 11.9 Å². The van der Waals surface area contributed by atoms with Crippen LogP contribution in [0.25, 0.3) is 11.3 Å². The Labute approximate surface area is 123 Å². The molecule has 21 heavy (non-hydrogen) atoms. The molecule has 0 atom stereocenters. The van der Waals surface area contributed by atoms with Gasteiger partial charge in [0.25, 0.3) is 0 Å². The van der Waals surface area contributed by atoms with E-state index in [0.29, 0.717) is 17.3 Å². The summed E-state index contributed by atoms with van der Waals surface area (Å²) in [5.74, 6) is -0.0646. The number of hydrogen-bond acceptors (Lipinski definition) is 2. The highest BCUT2D eigenvalue weighted by molar-refractivity contribution is 5.60. The summed E-state index contributed by atoms with van der Waals surface area (Å²) in [5, 5.41) is 3.33. The van der Waals surface area contributed by atoms with Gasteiger partial charge in [-0.2, -0.15) is 0 Å². The standard InChI is InChI=1S/C16H21F2N3/c1-10(2)19-6-4-5-16-20-9-15(21-16)12-8-13(17)11(3)7-14(12)18/h7-10,19H,4-6H2,1-3H3,(H,20,21).